The van der Waals surface area contributed by atoms with Crippen LogP contribution in [0.3, 0.4) is 0 Å². The van der Waals surface area contributed by atoms with E-state index in [1.165, 1.54) is 7.11 Å². The summed E-state index contributed by atoms with van der Waals surface area (Å²) in [4.78, 5) is 14.6. The van der Waals surface area contributed by atoms with Crippen LogP contribution in [0.4, 0.5) is 0 Å². The van der Waals surface area contributed by atoms with Crippen LogP contribution in [0.2, 0.25) is 0 Å². The van der Waals surface area contributed by atoms with Crippen molar-refractivity contribution >= 4 is 12.2 Å². The van der Waals surface area contributed by atoms with Gasteiger partial charge in [-0.25, -0.2) is 0 Å². The molecule has 0 aromatic heterocycles. The van der Waals surface area contributed by atoms with E-state index in [4.69, 9.17) is 0 Å². The van der Waals surface area contributed by atoms with Crippen LogP contribution in [0, 0.1) is 5.92 Å². The lowest BCUT2D eigenvalue weighted by atomic mass is 10.1. The molecule has 0 radical (unpaired) electrons. The molecule has 9 heavy (non-hydrogen) atoms. The van der Waals surface area contributed by atoms with Gasteiger partial charge in [0.05, 0.1) is 19.6 Å². The summed E-state index contributed by atoms with van der Waals surface area (Å²) < 4.78 is 4.52. The second-order valence-corrected chi connectivity index (χ2v) is 2.00. The number of ether oxygens (including phenoxy) is 1. The van der Waals surface area contributed by atoms with Gasteiger partial charge in [0, 0.05) is 0 Å². The third-order valence-electron chi connectivity index (χ3n) is 1.38. The smallest absolute Gasteiger partial charge is 0.310 e. The molecule has 1 heterocycles. The number of carbonyl (C=O) groups is 1. The summed E-state index contributed by atoms with van der Waals surface area (Å²) >= 11 is 0. The Kier molecular flexibility index (Phi) is 1.82. The zero-order valence-corrected chi connectivity index (χ0v) is 5.33. The Morgan fingerprint density at radius 2 is 2.67 bits per heavy atom. The Balaban J connectivity index is 2.36. The van der Waals surface area contributed by atoms with Crippen LogP contribution in [0.5, 0.6) is 0 Å². The molecule has 0 saturated heterocycles. The predicted octanol–water partition coefficient (Wildman–Crippen LogP) is 0.250. The van der Waals surface area contributed by atoms with Gasteiger partial charge in [-0.2, -0.15) is 0 Å². The van der Waals surface area contributed by atoms with Gasteiger partial charge in [0.25, 0.3) is 0 Å². The molecule has 3 nitrogen and oxygen atoms in total. The molecule has 0 aromatic carbocycles. The van der Waals surface area contributed by atoms with Crippen LogP contribution in [0.15, 0.2) is 4.99 Å². The van der Waals surface area contributed by atoms with E-state index < -0.39 is 0 Å². The highest BCUT2D eigenvalue weighted by Gasteiger charge is 2.20. The van der Waals surface area contributed by atoms with E-state index in [1.54, 1.807) is 6.21 Å². The van der Waals surface area contributed by atoms with Gasteiger partial charge in [-0.3, -0.25) is 9.79 Å². The fourth-order valence-electron chi connectivity index (χ4n) is 0.816. The third-order valence-corrected chi connectivity index (χ3v) is 1.38. The Morgan fingerprint density at radius 3 is 3.11 bits per heavy atom. The minimum absolute atomic E-state index is 0.00463. The molecule has 1 rings (SSSR count). The maximum Gasteiger partial charge on any atom is 0.310 e. The van der Waals surface area contributed by atoms with Gasteiger partial charge >= 0.3 is 5.97 Å². The molecule has 0 N–H and O–H groups in total. The first-order valence-electron chi connectivity index (χ1n) is 2.90. The molecule has 50 valence electrons. The average molecular weight is 127 g/mol. The molecule has 0 aromatic rings. The molecule has 3 heteroatoms. The van der Waals surface area contributed by atoms with Crippen molar-refractivity contribution in [2.45, 2.75) is 6.42 Å². The third kappa shape index (κ3) is 1.28. The summed E-state index contributed by atoms with van der Waals surface area (Å²) in [6, 6.07) is 0. The van der Waals surface area contributed by atoms with E-state index in [1.807, 2.05) is 0 Å². The first-order chi connectivity index (χ1) is 4.34. The maximum absolute atomic E-state index is 10.7. The fourth-order valence-corrected chi connectivity index (χ4v) is 0.816. The van der Waals surface area contributed by atoms with Gasteiger partial charge < -0.3 is 4.74 Å². The Labute approximate surface area is 53.7 Å². The van der Waals surface area contributed by atoms with Crippen LogP contribution in [-0.4, -0.2) is 25.8 Å². The molecular formula is C6H9NO2. The van der Waals surface area contributed by atoms with Crippen molar-refractivity contribution in [2.24, 2.45) is 10.9 Å². The Hall–Kier alpha value is -0.860. The summed E-state index contributed by atoms with van der Waals surface area (Å²) in [5.74, 6) is -0.150. The van der Waals surface area contributed by atoms with Gasteiger partial charge in [0.15, 0.2) is 0 Å². The minimum atomic E-state index is -0.146. The summed E-state index contributed by atoms with van der Waals surface area (Å²) in [6.07, 6.45) is 2.51. The zero-order valence-electron chi connectivity index (χ0n) is 5.33. The molecule has 0 fully saturated rings. The van der Waals surface area contributed by atoms with Crippen molar-refractivity contribution in [1.29, 1.82) is 0 Å². The minimum Gasteiger partial charge on any atom is -0.469 e. The topological polar surface area (TPSA) is 38.7 Å². The van der Waals surface area contributed by atoms with Crippen molar-refractivity contribution in [2.75, 3.05) is 13.7 Å². The molecule has 1 aliphatic heterocycles. The number of carbonyl (C=O) groups excluding carboxylic acids is 1. The Bertz CT molecular complexity index is 134. The highest BCUT2D eigenvalue weighted by molar-refractivity contribution is 5.78. The first kappa shape index (κ1) is 6.26. The van der Waals surface area contributed by atoms with Crippen molar-refractivity contribution in [3.63, 3.8) is 0 Å². The fraction of sp³-hybridized carbons (Fsp3) is 0.667. The summed E-state index contributed by atoms with van der Waals surface area (Å²) in [6.45, 7) is 0.604. The van der Waals surface area contributed by atoms with Crippen molar-refractivity contribution in [1.82, 2.24) is 0 Å². The lowest BCUT2D eigenvalue weighted by molar-refractivity contribution is -0.144. The van der Waals surface area contributed by atoms with Crippen LogP contribution in [0.1, 0.15) is 6.42 Å². The van der Waals surface area contributed by atoms with Crippen LogP contribution in [-0.2, 0) is 9.53 Å². The lowest BCUT2D eigenvalue weighted by Crippen LogP contribution is -2.15. The average Bonchev–Trinajstić information content (AvgIpc) is 2.37. The van der Waals surface area contributed by atoms with E-state index in [9.17, 15) is 4.79 Å². The van der Waals surface area contributed by atoms with Crippen LogP contribution in [0.25, 0.3) is 0 Å². The molecule has 0 amide bonds. The van der Waals surface area contributed by atoms with Crippen molar-refractivity contribution in [3.8, 4) is 0 Å². The van der Waals surface area contributed by atoms with E-state index in [-0.39, 0.29) is 11.9 Å². The lowest BCUT2D eigenvalue weighted by Gasteiger charge is -2.02. The SMILES string of the molecule is COC(=O)C1CC=NC1. The molecule has 0 aliphatic carbocycles. The van der Waals surface area contributed by atoms with Gasteiger partial charge in [0.2, 0.25) is 0 Å². The van der Waals surface area contributed by atoms with Crippen molar-refractivity contribution in [3.05, 3.63) is 0 Å². The number of nitrogens with zero attached hydrogens (tertiary/aromatic N) is 1. The molecule has 1 atom stereocenters. The highest BCUT2D eigenvalue weighted by Crippen LogP contribution is 2.09. The summed E-state index contributed by atoms with van der Waals surface area (Å²) in [5.41, 5.74) is 0. The number of hydrogen-bond acceptors (Lipinski definition) is 3. The summed E-state index contributed by atoms with van der Waals surface area (Å²) in [5, 5.41) is 0. The summed E-state index contributed by atoms with van der Waals surface area (Å²) in [7, 11) is 1.40. The largest absolute Gasteiger partial charge is 0.469 e. The van der Waals surface area contributed by atoms with Gasteiger partial charge in [0.1, 0.15) is 0 Å². The standard InChI is InChI=1S/C6H9NO2/c1-9-6(8)5-2-3-7-4-5/h3,5H,2,4H2,1H3. The van der Waals surface area contributed by atoms with Crippen molar-refractivity contribution < 1.29 is 9.53 Å². The second kappa shape index (κ2) is 2.62. The monoisotopic (exact) mass is 127 g/mol. The molecule has 1 unspecified atom stereocenters. The number of hydrogen-bond donors (Lipinski definition) is 0. The van der Waals surface area contributed by atoms with E-state index in [0.29, 0.717) is 6.54 Å². The maximum atomic E-state index is 10.7. The highest BCUT2D eigenvalue weighted by atomic mass is 16.5. The number of esters is 1. The number of aliphatic imine (C=N–C) groups is 1. The van der Waals surface area contributed by atoms with Crippen LogP contribution >= 0.6 is 0 Å². The Morgan fingerprint density at radius 1 is 1.89 bits per heavy atom. The first-order valence-corrected chi connectivity index (χ1v) is 2.90. The molecule has 1 aliphatic rings. The van der Waals surface area contributed by atoms with E-state index in [2.05, 4.69) is 9.73 Å². The molecule has 0 bridgehead atoms. The molecule has 0 spiro atoms. The van der Waals surface area contributed by atoms with Gasteiger partial charge in [-0.1, -0.05) is 0 Å². The van der Waals surface area contributed by atoms with Gasteiger partial charge in [-0.15, -0.1) is 0 Å². The van der Waals surface area contributed by atoms with Crippen LogP contribution < -0.4 is 0 Å². The van der Waals surface area contributed by atoms with E-state index >= 15 is 0 Å². The second-order valence-electron chi connectivity index (χ2n) is 2.00. The van der Waals surface area contributed by atoms with E-state index in [0.717, 1.165) is 6.42 Å². The molecule has 0 saturated carbocycles. The zero-order chi connectivity index (χ0) is 6.69. The number of methoxy groups -OCH3 is 1. The van der Waals surface area contributed by atoms with Gasteiger partial charge in [-0.05, 0) is 12.6 Å². The predicted molar refractivity (Wildman–Crippen MR) is 33.5 cm³/mol. The quantitative estimate of drug-likeness (QED) is 0.473. The number of rotatable bonds is 1. The normalized spacial score (nSPS) is 24.3. The molecular weight excluding hydrogens is 118 g/mol.